The summed E-state index contributed by atoms with van der Waals surface area (Å²) in [4.78, 5) is 16.0. The fourth-order valence-corrected chi connectivity index (χ4v) is 2.30. The molecule has 5 nitrogen and oxygen atoms in total. The van der Waals surface area contributed by atoms with Crippen molar-refractivity contribution in [3.8, 4) is 5.75 Å². The third-order valence-corrected chi connectivity index (χ3v) is 3.56. The Morgan fingerprint density at radius 3 is 2.50 bits per heavy atom. The number of carbonyl (C=O) groups is 1. The molecule has 0 aliphatic carbocycles. The fraction of sp³-hybridized carbons (Fsp3) is 0.368. The third-order valence-electron chi connectivity index (χ3n) is 3.56. The lowest BCUT2D eigenvalue weighted by molar-refractivity contribution is 0.233. The van der Waals surface area contributed by atoms with E-state index in [0.717, 1.165) is 16.9 Å². The van der Waals surface area contributed by atoms with Gasteiger partial charge in [-0.1, -0.05) is 38.5 Å². The van der Waals surface area contributed by atoms with Gasteiger partial charge in [0.25, 0.3) is 0 Å². The van der Waals surface area contributed by atoms with Gasteiger partial charge in [-0.3, -0.25) is 5.32 Å². The Labute approximate surface area is 143 Å². The third kappa shape index (κ3) is 4.98. The molecule has 0 fully saturated rings. The van der Waals surface area contributed by atoms with Gasteiger partial charge in [-0.15, -0.1) is 0 Å². The number of aryl methyl sites for hydroxylation is 2. The van der Waals surface area contributed by atoms with Crippen molar-refractivity contribution in [2.75, 3.05) is 12.0 Å². The number of aromatic nitrogens is 1. The Morgan fingerprint density at radius 2 is 1.83 bits per heavy atom. The van der Waals surface area contributed by atoms with Crippen LogP contribution in [0.15, 0.2) is 36.5 Å². The molecule has 1 aromatic carbocycles. The van der Waals surface area contributed by atoms with Crippen molar-refractivity contribution < 1.29 is 9.53 Å². The molecule has 1 aromatic heterocycles. The van der Waals surface area contributed by atoms with Crippen LogP contribution in [-0.4, -0.2) is 17.7 Å². The number of nitrogens with zero attached hydrogens (tertiary/aromatic N) is 1. The molecule has 5 heteroatoms. The van der Waals surface area contributed by atoms with E-state index in [9.17, 15) is 4.79 Å². The molecule has 0 saturated heterocycles. The molecule has 2 N–H and O–H groups in total. The van der Waals surface area contributed by atoms with Gasteiger partial charge in [-0.05, 0) is 48.6 Å². The molecule has 0 spiro atoms. The minimum atomic E-state index is -0.350. The van der Waals surface area contributed by atoms with Crippen molar-refractivity contribution in [3.63, 3.8) is 0 Å². The largest absolute Gasteiger partial charge is 0.473 e. The van der Waals surface area contributed by atoms with Crippen molar-refractivity contribution in [3.05, 3.63) is 53.2 Å². The van der Waals surface area contributed by atoms with Crippen LogP contribution in [0.2, 0.25) is 0 Å². The van der Waals surface area contributed by atoms with E-state index in [-0.39, 0.29) is 18.2 Å². The van der Waals surface area contributed by atoms with E-state index in [1.165, 1.54) is 5.56 Å². The number of ether oxygens (including phenoxy) is 1. The van der Waals surface area contributed by atoms with Crippen molar-refractivity contribution in [2.45, 2.75) is 40.0 Å². The number of rotatable bonds is 4. The SMILES string of the molecule is Cc1ccnc(NC(=O)NCOc2ccc(C)cc2C(C)(C)C)c1. The minimum absolute atomic E-state index is 0.0326. The molecule has 0 saturated carbocycles. The van der Waals surface area contributed by atoms with E-state index in [1.807, 2.05) is 25.1 Å². The van der Waals surface area contributed by atoms with Crippen molar-refractivity contribution in [2.24, 2.45) is 0 Å². The van der Waals surface area contributed by atoms with Gasteiger partial charge in [0.05, 0.1) is 0 Å². The maximum atomic E-state index is 11.9. The first-order chi connectivity index (χ1) is 11.3. The standard InChI is InChI=1S/C19H25N3O2/c1-13-6-7-16(15(10-13)19(3,4)5)24-12-21-18(23)22-17-11-14(2)8-9-20-17/h6-11H,12H2,1-5H3,(H2,20,21,22,23). The Morgan fingerprint density at radius 1 is 1.12 bits per heavy atom. The highest BCUT2D eigenvalue weighted by atomic mass is 16.5. The number of pyridine rings is 1. The number of amides is 2. The van der Waals surface area contributed by atoms with Crippen LogP contribution < -0.4 is 15.4 Å². The molecule has 24 heavy (non-hydrogen) atoms. The van der Waals surface area contributed by atoms with Gasteiger partial charge in [0.15, 0.2) is 6.73 Å². The lowest BCUT2D eigenvalue weighted by atomic mass is 9.85. The normalized spacial score (nSPS) is 11.0. The summed E-state index contributed by atoms with van der Waals surface area (Å²) >= 11 is 0. The molecule has 0 bridgehead atoms. The van der Waals surface area contributed by atoms with Crippen LogP contribution in [0.4, 0.5) is 10.6 Å². The fourth-order valence-electron chi connectivity index (χ4n) is 2.30. The minimum Gasteiger partial charge on any atom is -0.473 e. The number of carbonyl (C=O) groups excluding carboxylic acids is 1. The molecule has 0 unspecified atom stereocenters. The maximum absolute atomic E-state index is 11.9. The van der Waals surface area contributed by atoms with Crippen LogP contribution in [0, 0.1) is 13.8 Å². The van der Waals surface area contributed by atoms with Crippen LogP contribution in [0.3, 0.4) is 0 Å². The van der Waals surface area contributed by atoms with Crippen LogP contribution in [-0.2, 0) is 5.41 Å². The summed E-state index contributed by atoms with van der Waals surface area (Å²) in [5.74, 6) is 1.29. The van der Waals surface area contributed by atoms with Gasteiger partial charge in [0, 0.05) is 6.20 Å². The van der Waals surface area contributed by atoms with Crippen LogP contribution in [0.25, 0.3) is 0 Å². The summed E-state index contributed by atoms with van der Waals surface area (Å²) in [6.07, 6.45) is 1.66. The second-order valence-electron chi connectivity index (χ2n) is 6.89. The van der Waals surface area contributed by atoms with Gasteiger partial charge in [-0.25, -0.2) is 9.78 Å². The quantitative estimate of drug-likeness (QED) is 0.829. The van der Waals surface area contributed by atoms with Gasteiger partial charge >= 0.3 is 6.03 Å². The molecule has 0 aliphatic rings. The smallest absolute Gasteiger partial charge is 0.323 e. The number of hydrogen-bond donors (Lipinski definition) is 2. The molecule has 0 radical (unpaired) electrons. The molecule has 2 rings (SSSR count). The zero-order chi connectivity index (χ0) is 17.7. The summed E-state index contributed by atoms with van der Waals surface area (Å²) < 4.78 is 5.76. The van der Waals surface area contributed by atoms with Gasteiger partial charge in [0.1, 0.15) is 11.6 Å². The monoisotopic (exact) mass is 327 g/mol. The average molecular weight is 327 g/mol. The van der Waals surface area contributed by atoms with Crippen LogP contribution in [0.1, 0.15) is 37.5 Å². The van der Waals surface area contributed by atoms with E-state index in [0.29, 0.717) is 5.82 Å². The van der Waals surface area contributed by atoms with E-state index in [1.54, 1.807) is 12.3 Å². The highest BCUT2D eigenvalue weighted by molar-refractivity contribution is 5.88. The van der Waals surface area contributed by atoms with Gasteiger partial charge < -0.3 is 10.1 Å². The topological polar surface area (TPSA) is 63.2 Å². The zero-order valence-electron chi connectivity index (χ0n) is 14.9. The van der Waals surface area contributed by atoms with Crippen molar-refractivity contribution in [1.29, 1.82) is 0 Å². The number of hydrogen-bond acceptors (Lipinski definition) is 3. The summed E-state index contributed by atoms with van der Waals surface area (Å²) in [6, 6.07) is 9.39. The second-order valence-corrected chi connectivity index (χ2v) is 6.89. The summed E-state index contributed by atoms with van der Waals surface area (Å²) in [5, 5.41) is 5.36. The lowest BCUT2D eigenvalue weighted by Gasteiger charge is -2.23. The molecule has 0 aliphatic heterocycles. The Bertz CT molecular complexity index is 721. The molecular formula is C19H25N3O2. The highest BCUT2D eigenvalue weighted by Crippen LogP contribution is 2.31. The Kier molecular flexibility index (Phi) is 5.44. The van der Waals surface area contributed by atoms with Crippen molar-refractivity contribution in [1.82, 2.24) is 10.3 Å². The highest BCUT2D eigenvalue weighted by Gasteiger charge is 2.19. The van der Waals surface area contributed by atoms with E-state index in [2.05, 4.69) is 49.4 Å². The van der Waals surface area contributed by atoms with Crippen molar-refractivity contribution >= 4 is 11.8 Å². The predicted molar refractivity (Wildman–Crippen MR) is 96.5 cm³/mol. The molecule has 128 valence electrons. The summed E-state index contributed by atoms with van der Waals surface area (Å²) in [6.45, 7) is 10.5. The zero-order valence-corrected chi connectivity index (χ0v) is 14.9. The second kappa shape index (κ2) is 7.34. The number of benzene rings is 1. The van der Waals surface area contributed by atoms with Gasteiger partial charge in [-0.2, -0.15) is 0 Å². The predicted octanol–water partition coefficient (Wildman–Crippen LogP) is 4.15. The number of urea groups is 1. The Balaban J connectivity index is 1.93. The first-order valence-corrected chi connectivity index (χ1v) is 7.97. The molecule has 2 aromatic rings. The molecular weight excluding hydrogens is 302 g/mol. The summed E-state index contributed by atoms with van der Waals surface area (Å²) in [5.41, 5.74) is 3.30. The maximum Gasteiger partial charge on any atom is 0.323 e. The van der Waals surface area contributed by atoms with E-state index >= 15 is 0 Å². The molecule has 1 heterocycles. The Hall–Kier alpha value is -2.56. The van der Waals surface area contributed by atoms with Crippen LogP contribution >= 0.6 is 0 Å². The number of anilines is 1. The average Bonchev–Trinajstić information content (AvgIpc) is 2.47. The lowest BCUT2D eigenvalue weighted by Crippen LogP contribution is -2.32. The van der Waals surface area contributed by atoms with E-state index in [4.69, 9.17) is 4.74 Å². The van der Waals surface area contributed by atoms with Gasteiger partial charge in [0.2, 0.25) is 0 Å². The first-order valence-electron chi connectivity index (χ1n) is 7.97. The molecule has 2 amide bonds. The summed E-state index contributed by atoms with van der Waals surface area (Å²) in [7, 11) is 0. The van der Waals surface area contributed by atoms with E-state index < -0.39 is 0 Å². The first kappa shape index (κ1) is 17.8. The van der Waals surface area contributed by atoms with Crippen LogP contribution in [0.5, 0.6) is 5.75 Å². The molecule has 0 atom stereocenters. The number of nitrogens with one attached hydrogen (secondary N) is 2.